The van der Waals surface area contributed by atoms with Crippen molar-refractivity contribution < 1.29 is 19.4 Å². The molecule has 1 aliphatic heterocycles. The first-order chi connectivity index (χ1) is 12.6. The molecule has 0 bridgehead atoms. The topological polar surface area (TPSA) is 63.6 Å². The normalized spacial score (nSPS) is 20.9. The van der Waals surface area contributed by atoms with Crippen LogP contribution in [-0.4, -0.2) is 23.5 Å². The molecule has 2 aromatic rings. The number of rotatable bonds is 3. The van der Waals surface area contributed by atoms with Gasteiger partial charge in [-0.25, -0.2) is 4.79 Å². The maximum absolute atomic E-state index is 12.0. The molecular formula is C22H16O4. The van der Waals surface area contributed by atoms with Crippen LogP contribution in [0.25, 0.3) is 12.2 Å². The zero-order chi connectivity index (χ0) is 18.1. The lowest BCUT2D eigenvalue weighted by Gasteiger charge is -2.17. The lowest BCUT2D eigenvalue weighted by atomic mass is 9.88. The van der Waals surface area contributed by atoms with Gasteiger partial charge in [0.05, 0.1) is 5.57 Å². The molecule has 128 valence electrons. The largest absolute Gasteiger partial charge is 0.507 e. The van der Waals surface area contributed by atoms with E-state index in [-0.39, 0.29) is 23.9 Å². The molecule has 4 heteroatoms. The summed E-state index contributed by atoms with van der Waals surface area (Å²) in [6.45, 7) is -0.201. The molecule has 0 amide bonds. The van der Waals surface area contributed by atoms with Crippen LogP contribution in [0, 0.1) is 0 Å². The Labute approximate surface area is 150 Å². The highest BCUT2D eigenvalue weighted by Gasteiger charge is 2.35. The standard InChI is InChI=1S/C22H16O4/c23-20(19-13-26-22(25)21(19)24)18(12-14-6-2-1-3-7-14)17-11-10-15-8-4-5-9-16(15)17/h1-12,17,23H,13H2. The minimum absolute atomic E-state index is 0.00922. The number of carbonyl (C=O) groups is 2. The first kappa shape index (κ1) is 16.1. The van der Waals surface area contributed by atoms with Crippen LogP contribution in [0.3, 0.4) is 0 Å². The van der Waals surface area contributed by atoms with E-state index in [9.17, 15) is 14.7 Å². The van der Waals surface area contributed by atoms with Crippen molar-refractivity contribution in [2.75, 3.05) is 6.61 Å². The van der Waals surface area contributed by atoms with Crippen molar-refractivity contribution in [2.24, 2.45) is 0 Å². The van der Waals surface area contributed by atoms with Crippen LogP contribution in [0.1, 0.15) is 22.6 Å². The molecule has 1 N–H and O–H groups in total. The Morgan fingerprint density at radius 1 is 1.04 bits per heavy atom. The van der Waals surface area contributed by atoms with E-state index in [4.69, 9.17) is 4.74 Å². The smallest absolute Gasteiger partial charge is 0.379 e. The van der Waals surface area contributed by atoms with E-state index in [1.165, 1.54) is 0 Å². The van der Waals surface area contributed by atoms with Gasteiger partial charge in [-0.3, -0.25) is 4.79 Å². The number of fused-ring (bicyclic) bond motifs is 1. The summed E-state index contributed by atoms with van der Waals surface area (Å²) in [5, 5.41) is 10.9. The first-order valence-corrected chi connectivity index (χ1v) is 8.33. The minimum Gasteiger partial charge on any atom is -0.507 e. The zero-order valence-corrected chi connectivity index (χ0v) is 13.9. The molecule has 1 fully saturated rings. The van der Waals surface area contributed by atoms with Crippen molar-refractivity contribution in [3.8, 4) is 0 Å². The fourth-order valence-electron chi connectivity index (χ4n) is 3.30. The molecule has 0 saturated carbocycles. The van der Waals surface area contributed by atoms with Gasteiger partial charge in [0.15, 0.2) is 0 Å². The number of Topliss-reactive ketones (excluding diaryl/α,β-unsaturated/α-hetero) is 1. The second-order valence-electron chi connectivity index (χ2n) is 6.21. The fraction of sp³-hybridized carbons (Fsp3) is 0.0909. The van der Waals surface area contributed by atoms with Gasteiger partial charge in [0.1, 0.15) is 12.4 Å². The number of esters is 1. The van der Waals surface area contributed by atoms with Gasteiger partial charge in [-0.05, 0) is 22.8 Å². The Kier molecular flexibility index (Phi) is 4.01. The summed E-state index contributed by atoms with van der Waals surface area (Å²) < 4.78 is 4.78. The summed E-state index contributed by atoms with van der Waals surface area (Å²) in [6, 6.07) is 17.4. The van der Waals surface area contributed by atoms with Gasteiger partial charge in [-0.2, -0.15) is 0 Å². The highest BCUT2D eigenvalue weighted by atomic mass is 16.5. The molecule has 4 rings (SSSR count). The van der Waals surface area contributed by atoms with Crippen molar-refractivity contribution >= 4 is 23.9 Å². The highest BCUT2D eigenvalue weighted by Crippen LogP contribution is 2.39. The Hall–Kier alpha value is -3.40. The number of allylic oxidation sites excluding steroid dienone is 2. The fourth-order valence-corrected chi connectivity index (χ4v) is 3.30. The van der Waals surface area contributed by atoms with Crippen LogP contribution in [0.5, 0.6) is 0 Å². The molecule has 1 heterocycles. The molecule has 0 aromatic heterocycles. The van der Waals surface area contributed by atoms with E-state index < -0.39 is 11.8 Å². The third kappa shape index (κ3) is 2.75. The molecule has 1 aliphatic carbocycles. The van der Waals surface area contributed by atoms with Crippen molar-refractivity contribution in [3.63, 3.8) is 0 Å². The number of ether oxygens (including phenoxy) is 1. The molecule has 26 heavy (non-hydrogen) atoms. The second-order valence-corrected chi connectivity index (χ2v) is 6.21. The molecule has 0 spiro atoms. The Morgan fingerprint density at radius 3 is 2.50 bits per heavy atom. The molecule has 2 aromatic carbocycles. The van der Waals surface area contributed by atoms with Gasteiger partial charge in [-0.1, -0.05) is 66.7 Å². The minimum atomic E-state index is -0.923. The predicted octanol–water partition coefficient (Wildman–Crippen LogP) is 3.82. The molecule has 1 saturated heterocycles. The van der Waals surface area contributed by atoms with Crippen molar-refractivity contribution in [1.82, 2.24) is 0 Å². The van der Waals surface area contributed by atoms with Gasteiger partial charge in [0.25, 0.3) is 5.78 Å². The van der Waals surface area contributed by atoms with Crippen LogP contribution in [0.2, 0.25) is 0 Å². The number of aliphatic hydroxyl groups is 1. The molecule has 2 aliphatic rings. The Balaban J connectivity index is 1.86. The number of aliphatic hydroxyl groups excluding tert-OH is 1. The quantitative estimate of drug-likeness (QED) is 0.398. The number of cyclic esters (lactones) is 1. The average molecular weight is 344 g/mol. The van der Waals surface area contributed by atoms with E-state index in [0.717, 1.165) is 16.7 Å². The SMILES string of the molecule is O=C1OCC(=C(O)C(=Cc2ccccc2)C2C=Cc3ccccc32)C1=O. The van der Waals surface area contributed by atoms with Crippen LogP contribution >= 0.6 is 0 Å². The Bertz CT molecular complexity index is 980. The second kappa shape index (κ2) is 6.48. The van der Waals surface area contributed by atoms with E-state index in [1.807, 2.05) is 72.8 Å². The third-order valence-corrected chi connectivity index (χ3v) is 4.62. The van der Waals surface area contributed by atoms with Crippen LogP contribution in [0.4, 0.5) is 0 Å². The maximum Gasteiger partial charge on any atom is 0.379 e. The van der Waals surface area contributed by atoms with E-state index in [0.29, 0.717) is 5.57 Å². The molecule has 1 atom stereocenters. The lowest BCUT2D eigenvalue weighted by molar-refractivity contribution is -0.146. The van der Waals surface area contributed by atoms with Crippen LogP contribution < -0.4 is 0 Å². The van der Waals surface area contributed by atoms with E-state index in [1.54, 1.807) is 0 Å². The molecular weight excluding hydrogens is 328 g/mol. The molecule has 4 nitrogen and oxygen atoms in total. The number of hydrogen-bond donors (Lipinski definition) is 1. The van der Waals surface area contributed by atoms with Crippen LogP contribution in [-0.2, 0) is 14.3 Å². The van der Waals surface area contributed by atoms with Gasteiger partial charge < -0.3 is 9.84 Å². The average Bonchev–Trinajstić information content (AvgIpc) is 3.24. The molecule has 0 radical (unpaired) electrons. The van der Waals surface area contributed by atoms with E-state index >= 15 is 0 Å². The summed E-state index contributed by atoms with van der Waals surface area (Å²) in [5.41, 5.74) is 3.58. The number of ketones is 1. The van der Waals surface area contributed by atoms with Gasteiger partial charge in [0, 0.05) is 11.5 Å². The third-order valence-electron chi connectivity index (χ3n) is 4.62. The lowest BCUT2D eigenvalue weighted by Crippen LogP contribution is -2.11. The monoisotopic (exact) mass is 344 g/mol. The van der Waals surface area contributed by atoms with Gasteiger partial charge in [0.2, 0.25) is 0 Å². The van der Waals surface area contributed by atoms with Crippen molar-refractivity contribution in [3.05, 3.63) is 94.3 Å². The number of hydrogen-bond acceptors (Lipinski definition) is 4. The maximum atomic E-state index is 12.0. The summed E-state index contributed by atoms with van der Waals surface area (Å²) >= 11 is 0. The summed E-state index contributed by atoms with van der Waals surface area (Å²) in [4.78, 5) is 23.5. The summed E-state index contributed by atoms with van der Waals surface area (Å²) in [6.07, 6.45) is 5.82. The van der Waals surface area contributed by atoms with Crippen molar-refractivity contribution in [1.29, 1.82) is 0 Å². The first-order valence-electron chi connectivity index (χ1n) is 8.33. The van der Waals surface area contributed by atoms with Gasteiger partial charge >= 0.3 is 5.97 Å². The number of benzene rings is 2. The van der Waals surface area contributed by atoms with E-state index in [2.05, 4.69) is 0 Å². The predicted molar refractivity (Wildman–Crippen MR) is 98.3 cm³/mol. The van der Waals surface area contributed by atoms with Crippen LogP contribution in [0.15, 0.2) is 77.6 Å². The van der Waals surface area contributed by atoms with Crippen molar-refractivity contribution in [2.45, 2.75) is 5.92 Å². The summed E-state index contributed by atoms with van der Waals surface area (Å²) in [7, 11) is 0. The zero-order valence-electron chi connectivity index (χ0n) is 13.9. The highest BCUT2D eigenvalue weighted by molar-refractivity contribution is 6.42. The summed E-state index contributed by atoms with van der Waals surface area (Å²) in [5.74, 6) is -2.09. The molecule has 1 unspecified atom stereocenters. The Morgan fingerprint density at radius 2 is 1.77 bits per heavy atom. The number of carbonyl (C=O) groups excluding carboxylic acids is 2. The van der Waals surface area contributed by atoms with Gasteiger partial charge in [-0.15, -0.1) is 0 Å².